The standard InChI is InChI=1S/C19H24N4/c1-13(2)23-17-8-6-5-7-16(17)21-19(23)18(20)14-9-11-15(12-10-14)22(3)4/h5-13,18H,20H2,1-4H3. The zero-order valence-electron chi connectivity index (χ0n) is 14.2. The predicted octanol–water partition coefficient (Wildman–Crippen LogP) is 3.73. The highest BCUT2D eigenvalue weighted by Gasteiger charge is 2.20. The molecule has 1 atom stereocenters. The van der Waals surface area contributed by atoms with E-state index in [2.05, 4.69) is 53.6 Å². The van der Waals surface area contributed by atoms with Crippen LogP contribution in [0.2, 0.25) is 0 Å². The van der Waals surface area contributed by atoms with Gasteiger partial charge in [-0.2, -0.15) is 0 Å². The normalized spacial score (nSPS) is 12.8. The summed E-state index contributed by atoms with van der Waals surface area (Å²) in [5.74, 6) is 0.916. The Balaban J connectivity index is 2.06. The Hall–Kier alpha value is -2.33. The van der Waals surface area contributed by atoms with Gasteiger partial charge in [-0.05, 0) is 43.7 Å². The minimum absolute atomic E-state index is 0.235. The summed E-state index contributed by atoms with van der Waals surface area (Å²) in [6.45, 7) is 4.33. The van der Waals surface area contributed by atoms with Crippen LogP contribution in [0.4, 0.5) is 5.69 Å². The summed E-state index contributed by atoms with van der Waals surface area (Å²) >= 11 is 0. The highest BCUT2D eigenvalue weighted by atomic mass is 15.1. The van der Waals surface area contributed by atoms with E-state index < -0.39 is 0 Å². The van der Waals surface area contributed by atoms with E-state index in [1.807, 2.05) is 32.3 Å². The number of anilines is 1. The molecule has 0 aliphatic heterocycles. The maximum atomic E-state index is 6.55. The fourth-order valence-electron chi connectivity index (χ4n) is 2.95. The lowest BCUT2D eigenvalue weighted by Crippen LogP contribution is -2.19. The lowest BCUT2D eigenvalue weighted by Gasteiger charge is -2.19. The average molecular weight is 308 g/mol. The van der Waals surface area contributed by atoms with Crippen molar-refractivity contribution >= 4 is 16.7 Å². The number of rotatable bonds is 4. The molecule has 0 aliphatic carbocycles. The minimum Gasteiger partial charge on any atom is -0.378 e. The van der Waals surface area contributed by atoms with Gasteiger partial charge in [-0.3, -0.25) is 0 Å². The molecule has 3 rings (SSSR count). The summed E-state index contributed by atoms with van der Waals surface area (Å²) in [5.41, 5.74) is 10.9. The second kappa shape index (κ2) is 6.05. The van der Waals surface area contributed by atoms with Crippen LogP contribution in [-0.2, 0) is 0 Å². The van der Waals surface area contributed by atoms with E-state index in [0.717, 1.165) is 22.4 Å². The molecule has 0 aliphatic rings. The first-order valence-corrected chi connectivity index (χ1v) is 7.98. The second-order valence-corrected chi connectivity index (χ2v) is 6.39. The van der Waals surface area contributed by atoms with E-state index in [-0.39, 0.29) is 6.04 Å². The van der Waals surface area contributed by atoms with Gasteiger partial charge < -0.3 is 15.2 Å². The molecule has 120 valence electrons. The number of hydrogen-bond donors (Lipinski definition) is 1. The third kappa shape index (κ3) is 2.82. The average Bonchev–Trinajstić information content (AvgIpc) is 2.93. The SMILES string of the molecule is CC(C)n1c(C(N)c2ccc(N(C)C)cc2)nc2ccccc21. The van der Waals surface area contributed by atoms with Gasteiger partial charge in [-0.15, -0.1) is 0 Å². The van der Waals surface area contributed by atoms with Crippen molar-refractivity contribution in [2.45, 2.75) is 25.9 Å². The number of benzene rings is 2. The molecule has 0 radical (unpaired) electrons. The van der Waals surface area contributed by atoms with Crippen molar-refractivity contribution in [3.8, 4) is 0 Å². The summed E-state index contributed by atoms with van der Waals surface area (Å²) in [5, 5.41) is 0. The molecule has 0 bridgehead atoms. The van der Waals surface area contributed by atoms with Crippen molar-refractivity contribution in [3.63, 3.8) is 0 Å². The maximum Gasteiger partial charge on any atom is 0.131 e. The summed E-state index contributed by atoms with van der Waals surface area (Å²) in [7, 11) is 4.07. The topological polar surface area (TPSA) is 47.1 Å². The van der Waals surface area contributed by atoms with Crippen LogP contribution in [-0.4, -0.2) is 23.6 Å². The van der Waals surface area contributed by atoms with Crippen LogP contribution >= 0.6 is 0 Å². The van der Waals surface area contributed by atoms with E-state index in [1.54, 1.807) is 0 Å². The van der Waals surface area contributed by atoms with Crippen LogP contribution in [0.5, 0.6) is 0 Å². The lowest BCUT2D eigenvalue weighted by molar-refractivity contribution is 0.567. The quantitative estimate of drug-likeness (QED) is 0.799. The van der Waals surface area contributed by atoms with Crippen LogP contribution in [0.3, 0.4) is 0 Å². The van der Waals surface area contributed by atoms with Gasteiger partial charge in [0.15, 0.2) is 0 Å². The van der Waals surface area contributed by atoms with Crippen LogP contribution in [0.1, 0.15) is 37.3 Å². The molecule has 1 unspecified atom stereocenters. The molecule has 2 aromatic carbocycles. The van der Waals surface area contributed by atoms with E-state index in [1.165, 1.54) is 5.69 Å². The van der Waals surface area contributed by atoms with Gasteiger partial charge in [0.2, 0.25) is 0 Å². The largest absolute Gasteiger partial charge is 0.378 e. The fourth-order valence-corrected chi connectivity index (χ4v) is 2.95. The molecule has 0 saturated heterocycles. The Morgan fingerprint density at radius 3 is 2.26 bits per heavy atom. The summed E-state index contributed by atoms with van der Waals surface area (Å²) < 4.78 is 2.24. The first kappa shape index (κ1) is 15.6. The van der Waals surface area contributed by atoms with Crippen molar-refractivity contribution in [3.05, 3.63) is 59.9 Å². The molecular weight excluding hydrogens is 284 g/mol. The first-order valence-electron chi connectivity index (χ1n) is 7.98. The van der Waals surface area contributed by atoms with Crippen LogP contribution < -0.4 is 10.6 Å². The number of nitrogens with two attached hydrogens (primary N) is 1. The second-order valence-electron chi connectivity index (χ2n) is 6.39. The molecule has 2 N–H and O–H groups in total. The smallest absolute Gasteiger partial charge is 0.131 e. The van der Waals surface area contributed by atoms with Gasteiger partial charge >= 0.3 is 0 Å². The van der Waals surface area contributed by atoms with Crippen molar-refractivity contribution in [1.29, 1.82) is 0 Å². The highest BCUT2D eigenvalue weighted by Crippen LogP contribution is 2.28. The molecule has 0 spiro atoms. The number of hydrogen-bond acceptors (Lipinski definition) is 3. The van der Waals surface area contributed by atoms with Crippen molar-refractivity contribution in [2.75, 3.05) is 19.0 Å². The van der Waals surface area contributed by atoms with Crippen LogP contribution in [0.15, 0.2) is 48.5 Å². The molecule has 0 amide bonds. The van der Waals surface area contributed by atoms with E-state index in [4.69, 9.17) is 10.7 Å². The van der Waals surface area contributed by atoms with Gasteiger partial charge in [0.05, 0.1) is 17.1 Å². The Morgan fingerprint density at radius 2 is 1.65 bits per heavy atom. The predicted molar refractivity (Wildman–Crippen MR) is 96.9 cm³/mol. The van der Waals surface area contributed by atoms with Gasteiger partial charge in [-0.1, -0.05) is 24.3 Å². The molecule has 3 aromatic rings. The van der Waals surface area contributed by atoms with Crippen LogP contribution in [0.25, 0.3) is 11.0 Å². The van der Waals surface area contributed by atoms with Gasteiger partial charge in [-0.25, -0.2) is 4.98 Å². The highest BCUT2D eigenvalue weighted by molar-refractivity contribution is 5.76. The molecule has 0 fully saturated rings. The van der Waals surface area contributed by atoms with Gasteiger partial charge in [0.25, 0.3) is 0 Å². The Morgan fingerprint density at radius 1 is 1.00 bits per heavy atom. The zero-order chi connectivity index (χ0) is 16.6. The molecule has 23 heavy (non-hydrogen) atoms. The van der Waals surface area contributed by atoms with Crippen LogP contribution in [0, 0.1) is 0 Å². The monoisotopic (exact) mass is 308 g/mol. The molecule has 4 heteroatoms. The maximum absolute atomic E-state index is 6.55. The van der Waals surface area contributed by atoms with Crippen molar-refractivity contribution in [2.24, 2.45) is 5.73 Å². The number of nitrogens with zero attached hydrogens (tertiary/aromatic N) is 3. The van der Waals surface area contributed by atoms with Gasteiger partial charge in [0.1, 0.15) is 5.82 Å². The molecule has 4 nitrogen and oxygen atoms in total. The molecular formula is C19H24N4. The zero-order valence-corrected chi connectivity index (χ0v) is 14.2. The number of fused-ring (bicyclic) bond motifs is 1. The number of para-hydroxylation sites is 2. The third-order valence-corrected chi connectivity index (χ3v) is 4.19. The summed E-state index contributed by atoms with van der Waals surface area (Å²) in [6, 6.07) is 16.6. The number of imidazole rings is 1. The first-order chi connectivity index (χ1) is 11.0. The Labute approximate surface area is 137 Å². The Kier molecular flexibility index (Phi) is 4.09. The third-order valence-electron chi connectivity index (χ3n) is 4.19. The van der Waals surface area contributed by atoms with Crippen molar-refractivity contribution in [1.82, 2.24) is 9.55 Å². The summed E-state index contributed by atoms with van der Waals surface area (Å²) in [4.78, 5) is 6.88. The molecule has 0 saturated carbocycles. The van der Waals surface area contributed by atoms with E-state index in [0.29, 0.717) is 6.04 Å². The van der Waals surface area contributed by atoms with Crippen molar-refractivity contribution < 1.29 is 0 Å². The van der Waals surface area contributed by atoms with Gasteiger partial charge in [0, 0.05) is 25.8 Å². The van der Waals surface area contributed by atoms with E-state index in [9.17, 15) is 0 Å². The minimum atomic E-state index is -0.235. The van der Waals surface area contributed by atoms with E-state index >= 15 is 0 Å². The number of aromatic nitrogens is 2. The molecule has 1 heterocycles. The Bertz CT molecular complexity index is 800. The lowest BCUT2D eigenvalue weighted by atomic mass is 10.1. The molecule has 1 aromatic heterocycles. The fraction of sp³-hybridized carbons (Fsp3) is 0.316. The summed E-state index contributed by atoms with van der Waals surface area (Å²) in [6.07, 6.45) is 0.